The van der Waals surface area contributed by atoms with E-state index in [1.54, 1.807) is 0 Å². The van der Waals surface area contributed by atoms with E-state index in [1.165, 1.54) is 0 Å². The van der Waals surface area contributed by atoms with E-state index in [4.69, 9.17) is 4.74 Å². The molecular weight excluding hydrogens is 332 g/mol. The number of rotatable bonds is 6. The lowest BCUT2D eigenvalue weighted by Crippen LogP contribution is -2.47. The first kappa shape index (κ1) is 16.7. The average Bonchev–Trinajstić information content (AvgIpc) is 2.48. The first-order valence-corrected chi connectivity index (χ1v) is 8.34. The number of hydrogen-bond acceptors (Lipinski definition) is 4. The molecule has 1 aliphatic rings. The molecule has 5 heteroatoms. The summed E-state index contributed by atoms with van der Waals surface area (Å²) in [4.78, 5) is 2.38. The molecule has 1 saturated heterocycles. The lowest BCUT2D eigenvalue weighted by atomic mass is 9.99. The van der Waals surface area contributed by atoms with Gasteiger partial charge in [-0.2, -0.15) is 0 Å². The van der Waals surface area contributed by atoms with Gasteiger partial charge in [0.1, 0.15) is 18.5 Å². The minimum Gasteiger partial charge on any atom is -0.491 e. The van der Waals surface area contributed by atoms with Gasteiger partial charge in [0.05, 0.1) is 0 Å². The number of hydrogen-bond donors (Lipinski definition) is 2. The molecule has 0 aromatic heterocycles. The van der Waals surface area contributed by atoms with Crippen LogP contribution in [0.15, 0.2) is 28.7 Å². The van der Waals surface area contributed by atoms with Crippen LogP contribution in [0.5, 0.6) is 5.75 Å². The number of nitrogens with one attached hydrogen (secondary N) is 1. The summed E-state index contributed by atoms with van der Waals surface area (Å²) in [6.07, 6.45) is 1.79. The van der Waals surface area contributed by atoms with Gasteiger partial charge in [-0.1, -0.05) is 15.9 Å². The van der Waals surface area contributed by atoms with Crippen molar-refractivity contribution in [2.45, 2.75) is 38.0 Å². The Kier molecular flexibility index (Phi) is 6.48. The Morgan fingerprint density at radius 1 is 1.43 bits per heavy atom. The number of likely N-dealkylation sites (tertiary alicyclic amines) is 1. The fraction of sp³-hybridized carbons (Fsp3) is 0.625. The molecule has 0 aliphatic carbocycles. The molecular formula is C16H25BrN2O2. The van der Waals surface area contributed by atoms with E-state index in [9.17, 15) is 5.11 Å². The van der Waals surface area contributed by atoms with Gasteiger partial charge in [0, 0.05) is 23.1 Å². The standard InChI is InChI=1S/C16H25BrN2O2/c1-12-9-14(7-8-19(12)2)18-10-15(20)11-21-16-5-3-13(17)4-6-16/h3-6,12,14-15,18,20H,7-11H2,1-2H3. The topological polar surface area (TPSA) is 44.7 Å². The number of halogens is 1. The Morgan fingerprint density at radius 3 is 2.81 bits per heavy atom. The summed E-state index contributed by atoms with van der Waals surface area (Å²) in [5, 5.41) is 13.5. The van der Waals surface area contributed by atoms with E-state index >= 15 is 0 Å². The highest BCUT2D eigenvalue weighted by molar-refractivity contribution is 9.10. The van der Waals surface area contributed by atoms with Crippen LogP contribution in [0.1, 0.15) is 19.8 Å². The van der Waals surface area contributed by atoms with Crippen molar-refractivity contribution in [3.63, 3.8) is 0 Å². The van der Waals surface area contributed by atoms with Gasteiger partial charge in [-0.3, -0.25) is 0 Å². The average molecular weight is 357 g/mol. The molecule has 1 heterocycles. The van der Waals surface area contributed by atoms with Crippen LogP contribution in [-0.4, -0.2) is 54.9 Å². The quantitative estimate of drug-likeness (QED) is 0.820. The molecule has 0 radical (unpaired) electrons. The van der Waals surface area contributed by atoms with Gasteiger partial charge in [-0.05, 0) is 57.6 Å². The SMILES string of the molecule is CC1CC(NCC(O)COc2ccc(Br)cc2)CCN1C. The van der Waals surface area contributed by atoms with Crippen LogP contribution in [0.4, 0.5) is 0 Å². The Hall–Kier alpha value is -0.620. The van der Waals surface area contributed by atoms with Crippen molar-refractivity contribution in [2.24, 2.45) is 0 Å². The van der Waals surface area contributed by atoms with E-state index in [0.29, 0.717) is 25.2 Å². The normalized spacial score (nSPS) is 24.8. The van der Waals surface area contributed by atoms with Crippen LogP contribution in [0.3, 0.4) is 0 Å². The van der Waals surface area contributed by atoms with Crippen molar-refractivity contribution in [1.29, 1.82) is 0 Å². The summed E-state index contributed by atoms with van der Waals surface area (Å²) in [5.74, 6) is 0.783. The minimum absolute atomic E-state index is 0.316. The first-order chi connectivity index (χ1) is 10.0. The highest BCUT2D eigenvalue weighted by Crippen LogP contribution is 2.17. The number of nitrogens with zero attached hydrogens (tertiary/aromatic N) is 1. The number of ether oxygens (including phenoxy) is 1. The maximum Gasteiger partial charge on any atom is 0.119 e. The van der Waals surface area contributed by atoms with Gasteiger partial charge in [0.2, 0.25) is 0 Å². The second-order valence-corrected chi connectivity index (χ2v) is 6.79. The number of aliphatic hydroxyl groups is 1. The van der Waals surface area contributed by atoms with Gasteiger partial charge in [-0.15, -0.1) is 0 Å². The fourth-order valence-electron chi connectivity index (χ4n) is 2.56. The van der Waals surface area contributed by atoms with E-state index in [-0.39, 0.29) is 0 Å². The molecule has 2 N–H and O–H groups in total. The van der Waals surface area contributed by atoms with Gasteiger partial charge < -0.3 is 20.1 Å². The first-order valence-electron chi connectivity index (χ1n) is 7.54. The van der Waals surface area contributed by atoms with Crippen molar-refractivity contribution < 1.29 is 9.84 Å². The lowest BCUT2D eigenvalue weighted by Gasteiger charge is -2.35. The monoisotopic (exact) mass is 356 g/mol. The highest BCUT2D eigenvalue weighted by atomic mass is 79.9. The minimum atomic E-state index is -0.483. The molecule has 1 aromatic rings. The summed E-state index contributed by atoms with van der Waals surface area (Å²) in [6.45, 7) is 4.26. The second-order valence-electron chi connectivity index (χ2n) is 5.88. The zero-order chi connectivity index (χ0) is 15.2. The van der Waals surface area contributed by atoms with Crippen LogP contribution >= 0.6 is 15.9 Å². The highest BCUT2D eigenvalue weighted by Gasteiger charge is 2.22. The van der Waals surface area contributed by atoms with E-state index < -0.39 is 6.10 Å². The molecule has 0 amide bonds. The van der Waals surface area contributed by atoms with Crippen LogP contribution in [0.25, 0.3) is 0 Å². The third-order valence-corrected chi connectivity index (χ3v) is 4.64. The Labute approximate surface area is 135 Å². The lowest BCUT2D eigenvalue weighted by molar-refractivity contribution is 0.0953. The maximum atomic E-state index is 10.0. The predicted octanol–water partition coefficient (Wildman–Crippen LogP) is 2.26. The van der Waals surface area contributed by atoms with E-state index in [0.717, 1.165) is 29.6 Å². The third kappa shape index (κ3) is 5.58. The summed E-state index contributed by atoms with van der Waals surface area (Å²) in [7, 11) is 2.17. The molecule has 1 aliphatic heterocycles. The summed E-state index contributed by atoms with van der Waals surface area (Å²) < 4.78 is 6.60. The van der Waals surface area contributed by atoms with Gasteiger partial charge in [-0.25, -0.2) is 0 Å². The Balaban J connectivity index is 1.65. The number of piperidine rings is 1. The molecule has 0 saturated carbocycles. The largest absolute Gasteiger partial charge is 0.491 e. The van der Waals surface area contributed by atoms with Crippen LogP contribution < -0.4 is 10.1 Å². The molecule has 3 unspecified atom stereocenters. The number of benzene rings is 1. The van der Waals surface area contributed by atoms with E-state index in [1.807, 2.05) is 24.3 Å². The Bertz CT molecular complexity index is 427. The Morgan fingerprint density at radius 2 is 2.14 bits per heavy atom. The molecule has 2 rings (SSSR count). The fourth-order valence-corrected chi connectivity index (χ4v) is 2.82. The van der Waals surface area contributed by atoms with Crippen molar-refractivity contribution in [2.75, 3.05) is 26.7 Å². The molecule has 1 fully saturated rings. The van der Waals surface area contributed by atoms with Crippen LogP contribution in [-0.2, 0) is 0 Å². The smallest absolute Gasteiger partial charge is 0.119 e. The molecule has 0 spiro atoms. The van der Waals surface area contributed by atoms with Gasteiger partial charge in [0.15, 0.2) is 0 Å². The summed E-state index contributed by atoms with van der Waals surface area (Å²) in [6, 6.07) is 8.75. The zero-order valence-corrected chi connectivity index (χ0v) is 14.3. The number of aliphatic hydroxyl groups excluding tert-OH is 1. The molecule has 0 bridgehead atoms. The van der Waals surface area contributed by atoms with Crippen molar-refractivity contribution in [1.82, 2.24) is 10.2 Å². The van der Waals surface area contributed by atoms with Crippen molar-refractivity contribution in [3.8, 4) is 5.75 Å². The van der Waals surface area contributed by atoms with Crippen LogP contribution in [0.2, 0.25) is 0 Å². The van der Waals surface area contributed by atoms with Crippen molar-refractivity contribution in [3.05, 3.63) is 28.7 Å². The molecule has 118 valence electrons. The van der Waals surface area contributed by atoms with Crippen LogP contribution in [0, 0.1) is 0 Å². The van der Waals surface area contributed by atoms with Crippen molar-refractivity contribution >= 4 is 15.9 Å². The van der Waals surface area contributed by atoms with Gasteiger partial charge >= 0.3 is 0 Å². The second kappa shape index (κ2) is 8.13. The molecule has 4 nitrogen and oxygen atoms in total. The summed E-state index contributed by atoms with van der Waals surface area (Å²) in [5.41, 5.74) is 0. The molecule has 1 aromatic carbocycles. The summed E-state index contributed by atoms with van der Waals surface area (Å²) >= 11 is 3.39. The van der Waals surface area contributed by atoms with E-state index in [2.05, 4.69) is 40.1 Å². The third-order valence-electron chi connectivity index (χ3n) is 4.11. The van der Waals surface area contributed by atoms with Gasteiger partial charge in [0.25, 0.3) is 0 Å². The molecule has 3 atom stereocenters. The molecule has 21 heavy (non-hydrogen) atoms. The predicted molar refractivity (Wildman–Crippen MR) is 88.8 cm³/mol. The zero-order valence-electron chi connectivity index (χ0n) is 12.8. The maximum absolute atomic E-state index is 10.0.